The number of aliphatic hydroxyl groups excluding tert-OH is 1. The van der Waals surface area contributed by atoms with Crippen molar-refractivity contribution in [2.75, 3.05) is 0 Å². The van der Waals surface area contributed by atoms with Crippen molar-refractivity contribution in [3.63, 3.8) is 0 Å². The molecule has 0 amide bonds. The first-order valence-electron chi connectivity index (χ1n) is 10.1. The van der Waals surface area contributed by atoms with E-state index in [1.54, 1.807) is 10.6 Å². The number of phenolic OH excluding ortho intramolecular Hbond substituents is 1. The summed E-state index contributed by atoms with van der Waals surface area (Å²) in [6, 6.07) is 13.2. The number of nitrogens with one attached hydrogen (secondary N) is 1. The van der Waals surface area contributed by atoms with Crippen molar-refractivity contribution in [3.8, 4) is 5.75 Å². The van der Waals surface area contributed by atoms with Crippen LogP contribution in [0.25, 0.3) is 11.0 Å². The Morgan fingerprint density at radius 1 is 1.24 bits per heavy atom. The molecular weight excluding hydrogens is 366 g/mol. The van der Waals surface area contributed by atoms with Crippen LogP contribution < -0.4 is 11.4 Å². The highest BCUT2D eigenvalue weighted by molar-refractivity contribution is 5.79. The third-order valence-electron chi connectivity index (χ3n) is 5.51. The standard InChI is InChI=1S/C12H19NO.C11H12N2O2/c1-9(13)8-12(2,3)10-6-4-5-7-11(10)14;14-9-5-2-6-13-10-7(9)3-1-4-8(10)12-11(13)15/h4-7,9,14H,8,13H2,1-3H3;1,3-4,9,14H,2,5-6H2,(H,12,15). The van der Waals surface area contributed by atoms with Crippen molar-refractivity contribution in [1.82, 2.24) is 9.55 Å². The van der Waals surface area contributed by atoms with E-state index in [0.717, 1.165) is 41.4 Å². The van der Waals surface area contributed by atoms with Gasteiger partial charge in [0, 0.05) is 18.2 Å². The van der Waals surface area contributed by atoms with Gasteiger partial charge in [0.25, 0.3) is 0 Å². The average Bonchev–Trinajstić information content (AvgIpc) is 2.85. The van der Waals surface area contributed by atoms with Crippen LogP contribution in [0.1, 0.15) is 57.3 Å². The summed E-state index contributed by atoms with van der Waals surface area (Å²) >= 11 is 0. The van der Waals surface area contributed by atoms with Crippen LogP contribution in [0.15, 0.2) is 47.3 Å². The van der Waals surface area contributed by atoms with Crippen LogP contribution in [-0.4, -0.2) is 25.8 Å². The molecule has 1 aliphatic rings. The number of aromatic hydroxyl groups is 1. The third kappa shape index (κ3) is 4.54. The summed E-state index contributed by atoms with van der Waals surface area (Å²) in [6.07, 6.45) is 1.98. The Bertz CT molecular complexity index is 1030. The second kappa shape index (κ2) is 8.43. The molecule has 156 valence electrons. The molecule has 0 spiro atoms. The topological polar surface area (TPSA) is 104 Å². The monoisotopic (exact) mass is 397 g/mol. The molecule has 0 radical (unpaired) electrons. The van der Waals surface area contributed by atoms with Gasteiger partial charge in [0.15, 0.2) is 0 Å². The Hall–Kier alpha value is -2.57. The summed E-state index contributed by atoms with van der Waals surface area (Å²) in [6.45, 7) is 6.88. The first-order chi connectivity index (χ1) is 13.7. The zero-order valence-electron chi connectivity index (χ0n) is 17.4. The van der Waals surface area contributed by atoms with Crippen molar-refractivity contribution in [2.24, 2.45) is 5.73 Å². The molecule has 5 N–H and O–H groups in total. The Morgan fingerprint density at radius 2 is 1.97 bits per heavy atom. The third-order valence-corrected chi connectivity index (χ3v) is 5.51. The highest BCUT2D eigenvalue weighted by Gasteiger charge is 2.24. The number of hydrogen-bond acceptors (Lipinski definition) is 4. The molecule has 2 atom stereocenters. The Balaban J connectivity index is 0.000000166. The van der Waals surface area contributed by atoms with E-state index in [0.29, 0.717) is 12.3 Å². The lowest BCUT2D eigenvalue weighted by Crippen LogP contribution is -2.28. The fourth-order valence-electron chi connectivity index (χ4n) is 4.29. The zero-order chi connectivity index (χ0) is 21.2. The maximum Gasteiger partial charge on any atom is 0.326 e. The van der Waals surface area contributed by atoms with E-state index in [4.69, 9.17) is 5.73 Å². The summed E-state index contributed by atoms with van der Waals surface area (Å²) in [7, 11) is 0. The summed E-state index contributed by atoms with van der Waals surface area (Å²) in [5, 5.41) is 19.7. The van der Waals surface area contributed by atoms with Crippen LogP contribution in [0.5, 0.6) is 5.75 Å². The lowest BCUT2D eigenvalue weighted by Gasteiger charge is -2.27. The number of benzene rings is 2. The quantitative estimate of drug-likeness (QED) is 0.542. The molecule has 0 aliphatic carbocycles. The lowest BCUT2D eigenvalue weighted by atomic mass is 9.79. The Morgan fingerprint density at radius 3 is 2.66 bits per heavy atom. The predicted octanol–water partition coefficient (Wildman–Crippen LogP) is 3.56. The number of nitrogens with zero attached hydrogens (tertiary/aromatic N) is 1. The van der Waals surface area contributed by atoms with E-state index in [1.807, 2.05) is 43.3 Å². The molecule has 0 fully saturated rings. The van der Waals surface area contributed by atoms with E-state index < -0.39 is 6.10 Å². The number of phenols is 1. The SMILES string of the molecule is CC(N)CC(C)(C)c1ccccc1O.O=c1[nH]c2cccc3c2n1CCCC3O. The molecule has 6 heteroatoms. The van der Waals surface area contributed by atoms with Gasteiger partial charge in [-0.1, -0.05) is 44.2 Å². The maximum atomic E-state index is 11.6. The molecule has 4 rings (SSSR count). The van der Waals surface area contributed by atoms with Gasteiger partial charge in [0.05, 0.1) is 17.1 Å². The number of rotatable bonds is 3. The molecular formula is C23H31N3O3. The number of nitrogens with two attached hydrogens (primary N) is 1. The predicted molar refractivity (Wildman–Crippen MR) is 116 cm³/mol. The van der Waals surface area contributed by atoms with Crippen LogP contribution in [0.2, 0.25) is 0 Å². The lowest BCUT2D eigenvalue weighted by molar-refractivity contribution is 0.167. The van der Waals surface area contributed by atoms with Crippen LogP contribution in [0.4, 0.5) is 0 Å². The Kier molecular flexibility index (Phi) is 6.15. The molecule has 0 bridgehead atoms. The first-order valence-corrected chi connectivity index (χ1v) is 10.1. The molecule has 2 heterocycles. The minimum absolute atomic E-state index is 0.0699. The van der Waals surface area contributed by atoms with Gasteiger partial charge in [-0.2, -0.15) is 0 Å². The molecule has 0 saturated carbocycles. The van der Waals surface area contributed by atoms with E-state index in [2.05, 4.69) is 18.8 Å². The van der Waals surface area contributed by atoms with Gasteiger partial charge in [-0.05, 0) is 49.3 Å². The van der Waals surface area contributed by atoms with Gasteiger partial charge >= 0.3 is 5.69 Å². The molecule has 2 unspecified atom stereocenters. The van der Waals surface area contributed by atoms with Crippen LogP contribution in [-0.2, 0) is 12.0 Å². The van der Waals surface area contributed by atoms with Crippen molar-refractivity contribution in [2.45, 2.75) is 64.1 Å². The van der Waals surface area contributed by atoms with Crippen LogP contribution in [0.3, 0.4) is 0 Å². The number of H-pyrrole nitrogens is 1. The summed E-state index contributed by atoms with van der Waals surface area (Å²) in [5.74, 6) is 0.359. The van der Waals surface area contributed by atoms with Gasteiger partial charge in [0.2, 0.25) is 0 Å². The zero-order valence-corrected chi connectivity index (χ0v) is 17.4. The van der Waals surface area contributed by atoms with Gasteiger partial charge in [0.1, 0.15) is 5.75 Å². The molecule has 6 nitrogen and oxygen atoms in total. The van der Waals surface area contributed by atoms with Crippen LogP contribution >= 0.6 is 0 Å². The fraction of sp³-hybridized carbons (Fsp3) is 0.435. The number of para-hydroxylation sites is 2. The van der Waals surface area contributed by atoms with Crippen molar-refractivity contribution in [3.05, 3.63) is 64.1 Å². The van der Waals surface area contributed by atoms with Gasteiger partial charge in [-0.15, -0.1) is 0 Å². The average molecular weight is 398 g/mol. The highest BCUT2D eigenvalue weighted by Crippen LogP contribution is 2.34. The first kappa shape index (κ1) is 21.1. The number of aliphatic hydroxyl groups is 1. The number of aromatic nitrogens is 2. The number of aromatic amines is 1. The highest BCUT2D eigenvalue weighted by atomic mass is 16.3. The van der Waals surface area contributed by atoms with Crippen LogP contribution in [0, 0.1) is 0 Å². The van der Waals surface area contributed by atoms with Crippen molar-refractivity contribution in [1.29, 1.82) is 0 Å². The van der Waals surface area contributed by atoms with E-state index >= 15 is 0 Å². The van der Waals surface area contributed by atoms with E-state index in [-0.39, 0.29) is 17.1 Å². The van der Waals surface area contributed by atoms with Gasteiger partial charge in [-0.3, -0.25) is 4.57 Å². The minimum atomic E-state index is -0.447. The maximum absolute atomic E-state index is 11.6. The number of imidazole rings is 1. The number of hydrogen-bond donors (Lipinski definition) is 4. The molecule has 3 aromatic rings. The number of aryl methyl sites for hydroxylation is 1. The van der Waals surface area contributed by atoms with Crippen molar-refractivity contribution < 1.29 is 10.2 Å². The van der Waals surface area contributed by atoms with E-state index in [1.165, 1.54) is 0 Å². The molecule has 2 aromatic carbocycles. The van der Waals surface area contributed by atoms with Gasteiger partial charge < -0.3 is 20.9 Å². The van der Waals surface area contributed by atoms with Gasteiger partial charge in [-0.25, -0.2) is 4.79 Å². The normalized spacial score (nSPS) is 17.3. The molecule has 29 heavy (non-hydrogen) atoms. The molecule has 1 aliphatic heterocycles. The van der Waals surface area contributed by atoms with Crippen molar-refractivity contribution >= 4 is 11.0 Å². The second-order valence-corrected chi connectivity index (χ2v) is 8.57. The molecule has 1 aromatic heterocycles. The smallest absolute Gasteiger partial charge is 0.326 e. The summed E-state index contributed by atoms with van der Waals surface area (Å²) < 4.78 is 1.72. The summed E-state index contributed by atoms with van der Waals surface area (Å²) in [4.78, 5) is 14.4. The fourth-order valence-corrected chi connectivity index (χ4v) is 4.29. The minimum Gasteiger partial charge on any atom is -0.508 e. The Labute approximate surface area is 171 Å². The second-order valence-electron chi connectivity index (χ2n) is 8.57. The molecule has 0 saturated heterocycles. The summed E-state index contributed by atoms with van der Waals surface area (Å²) in [5.41, 5.74) is 9.16. The largest absolute Gasteiger partial charge is 0.508 e. The van der Waals surface area contributed by atoms with E-state index in [9.17, 15) is 15.0 Å².